The highest BCUT2D eigenvalue weighted by molar-refractivity contribution is 4.73. The SMILES string of the molecule is CCC[C](O)CCCCN. The molecular weight excluding hydrogens is 126 g/mol. The van der Waals surface area contributed by atoms with E-state index >= 15 is 0 Å². The van der Waals surface area contributed by atoms with Gasteiger partial charge in [-0.25, -0.2) is 0 Å². The van der Waals surface area contributed by atoms with E-state index in [0.717, 1.165) is 38.6 Å². The molecule has 0 fully saturated rings. The summed E-state index contributed by atoms with van der Waals surface area (Å²) in [5.74, 6) is 0. The van der Waals surface area contributed by atoms with Crippen LogP contribution in [0.2, 0.25) is 0 Å². The van der Waals surface area contributed by atoms with Gasteiger partial charge in [0.15, 0.2) is 0 Å². The van der Waals surface area contributed by atoms with Crippen molar-refractivity contribution in [1.29, 1.82) is 0 Å². The summed E-state index contributed by atoms with van der Waals surface area (Å²) >= 11 is 0. The topological polar surface area (TPSA) is 46.2 Å². The van der Waals surface area contributed by atoms with Gasteiger partial charge in [-0.05, 0) is 32.2 Å². The fraction of sp³-hybridized carbons (Fsp3) is 0.875. The molecule has 3 N–H and O–H groups in total. The minimum Gasteiger partial charge on any atom is -0.387 e. The van der Waals surface area contributed by atoms with Crippen molar-refractivity contribution in [2.75, 3.05) is 6.54 Å². The molecule has 0 saturated carbocycles. The Labute approximate surface area is 63.4 Å². The lowest BCUT2D eigenvalue weighted by Gasteiger charge is -2.05. The van der Waals surface area contributed by atoms with Crippen molar-refractivity contribution < 1.29 is 5.11 Å². The van der Waals surface area contributed by atoms with Crippen LogP contribution in [0, 0.1) is 6.10 Å². The van der Waals surface area contributed by atoms with Crippen LogP contribution in [0.1, 0.15) is 39.0 Å². The van der Waals surface area contributed by atoms with Crippen LogP contribution in [-0.4, -0.2) is 11.7 Å². The van der Waals surface area contributed by atoms with E-state index in [4.69, 9.17) is 10.8 Å². The lowest BCUT2D eigenvalue weighted by atomic mass is 10.1. The highest BCUT2D eigenvalue weighted by Gasteiger charge is 2.01. The first-order valence-electron chi connectivity index (χ1n) is 4.05. The largest absolute Gasteiger partial charge is 0.387 e. The number of aliphatic hydroxyl groups excluding tert-OH is 1. The first kappa shape index (κ1) is 9.92. The molecule has 0 spiro atoms. The zero-order valence-electron chi connectivity index (χ0n) is 6.77. The third kappa shape index (κ3) is 6.05. The molecule has 0 aliphatic heterocycles. The summed E-state index contributed by atoms with van der Waals surface area (Å²) in [4.78, 5) is 0. The van der Waals surface area contributed by atoms with Gasteiger partial charge in [0, 0.05) is 0 Å². The summed E-state index contributed by atoms with van der Waals surface area (Å²) in [6.45, 7) is 2.80. The van der Waals surface area contributed by atoms with Crippen LogP contribution in [0.25, 0.3) is 0 Å². The lowest BCUT2D eigenvalue weighted by molar-refractivity contribution is 0.262. The smallest absolute Gasteiger partial charge is 0.0933 e. The molecule has 0 aromatic rings. The maximum atomic E-state index is 9.15. The van der Waals surface area contributed by atoms with Crippen LogP contribution in [0.5, 0.6) is 0 Å². The Morgan fingerprint density at radius 3 is 2.50 bits per heavy atom. The molecule has 61 valence electrons. The monoisotopic (exact) mass is 144 g/mol. The predicted octanol–water partition coefficient (Wildman–Crippen LogP) is 1.82. The van der Waals surface area contributed by atoms with Gasteiger partial charge in [-0.15, -0.1) is 0 Å². The first-order valence-corrected chi connectivity index (χ1v) is 4.05. The van der Waals surface area contributed by atoms with Gasteiger partial charge >= 0.3 is 0 Å². The van der Waals surface area contributed by atoms with E-state index in [-0.39, 0.29) is 0 Å². The van der Waals surface area contributed by atoms with E-state index in [1.54, 1.807) is 0 Å². The van der Waals surface area contributed by atoms with Crippen molar-refractivity contribution in [1.82, 2.24) is 0 Å². The van der Waals surface area contributed by atoms with Crippen molar-refractivity contribution in [3.05, 3.63) is 6.10 Å². The fourth-order valence-electron chi connectivity index (χ4n) is 0.887. The zero-order chi connectivity index (χ0) is 7.82. The van der Waals surface area contributed by atoms with Gasteiger partial charge < -0.3 is 10.8 Å². The molecule has 2 heteroatoms. The third-order valence-corrected chi connectivity index (χ3v) is 1.46. The summed E-state index contributed by atoms with van der Waals surface area (Å²) in [5, 5.41) is 9.15. The standard InChI is InChI=1S/C8H18NO/c1-2-5-8(10)6-3-4-7-9/h10H,2-7,9H2,1H3. The molecule has 0 unspecified atom stereocenters. The number of unbranched alkanes of at least 4 members (excludes halogenated alkanes) is 1. The van der Waals surface area contributed by atoms with Gasteiger partial charge in [-0.1, -0.05) is 13.3 Å². The highest BCUT2D eigenvalue weighted by atomic mass is 16.3. The van der Waals surface area contributed by atoms with E-state index < -0.39 is 0 Å². The Kier molecular flexibility index (Phi) is 6.98. The maximum absolute atomic E-state index is 9.15. The number of aliphatic hydroxyl groups is 1. The summed E-state index contributed by atoms with van der Waals surface area (Å²) in [5.41, 5.74) is 5.30. The Balaban J connectivity index is 2.97. The average Bonchev–Trinajstić information content (AvgIpc) is 1.89. The van der Waals surface area contributed by atoms with E-state index in [1.165, 1.54) is 0 Å². The van der Waals surface area contributed by atoms with E-state index in [0.29, 0.717) is 6.10 Å². The Morgan fingerprint density at radius 1 is 1.30 bits per heavy atom. The van der Waals surface area contributed by atoms with E-state index in [2.05, 4.69) is 6.92 Å². The minimum absolute atomic E-state index is 0.635. The molecule has 10 heavy (non-hydrogen) atoms. The Hall–Kier alpha value is -0.0800. The fourth-order valence-corrected chi connectivity index (χ4v) is 0.887. The molecule has 0 bridgehead atoms. The number of hydrogen-bond donors (Lipinski definition) is 2. The molecule has 0 aliphatic rings. The summed E-state index contributed by atoms with van der Waals surface area (Å²) in [6, 6.07) is 0. The van der Waals surface area contributed by atoms with Crippen molar-refractivity contribution in [2.45, 2.75) is 39.0 Å². The third-order valence-electron chi connectivity index (χ3n) is 1.46. The zero-order valence-corrected chi connectivity index (χ0v) is 6.77. The van der Waals surface area contributed by atoms with Gasteiger partial charge in [0.1, 0.15) is 0 Å². The van der Waals surface area contributed by atoms with Gasteiger partial charge in [-0.2, -0.15) is 0 Å². The van der Waals surface area contributed by atoms with Gasteiger partial charge in [0.2, 0.25) is 0 Å². The Morgan fingerprint density at radius 2 is 2.00 bits per heavy atom. The minimum atomic E-state index is 0.635. The summed E-state index contributed by atoms with van der Waals surface area (Å²) in [7, 11) is 0. The predicted molar refractivity (Wildman–Crippen MR) is 43.0 cm³/mol. The van der Waals surface area contributed by atoms with Crippen LogP contribution in [0.15, 0.2) is 0 Å². The molecule has 0 saturated heterocycles. The lowest BCUT2D eigenvalue weighted by Crippen LogP contribution is -2.00. The normalized spacial score (nSPS) is 10.8. The molecule has 0 atom stereocenters. The molecular formula is C8H18NO. The molecule has 1 radical (unpaired) electrons. The first-order chi connectivity index (χ1) is 4.81. The van der Waals surface area contributed by atoms with E-state index in [1.807, 2.05) is 0 Å². The second-order valence-electron chi connectivity index (χ2n) is 2.56. The van der Waals surface area contributed by atoms with Crippen LogP contribution in [-0.2, 0) is 0 Å². The molecule has 0 aliphatic carbocycles. The number of hydrogen-bond acceptors (Lipinski definition) is 2. The van der Waals surface area contributed by atoms with Crippen LogP contribution >= 0.6 is 0 Å². The average molecular weight is 144 g/mol. The Bertz CT molecular complexity index is 66.3. The quantitative estimate of drug-likeness (QED) is 0.558. The van der Waals surface area contributed by atoms with Gasteiger partial charge in [-0.3, -0.25) is 0 Å². The molecule has 0 heterocycles. The summed E-state index contributed by atoms with van der Waals surface area (Å²) < 4.78 is 0. The molecule has 0 amide bonds. The molecule has 0 aromatic heterocycles. The summed E-state index contributed by atoms with van der Waals surface area (Å²) in [6.07, 6.45) is 5.41. The molecule has 0 rings (SSSR count). The van der Waals surface area contributed by atoms with Crippen molar-refractivity contribution >= 4 is 0 Å². The highest BCUT2D eigenvalue weighted by Crippen LogP contribution is 2.12. The number of nitrogens with two attached hydrogens (primary N) is 1. The van der Waals surface area contributed by atoms with Crippen LogP contribution in [0.4, 0.5) is 0 Å². The number of rotatable bonds is 6. The van der Waals surface area contributed by atoms with Crippen LogP contribution in [0.3, 0.4) is 0 Å². The van der Waals surface area contributed by atoms with Gasteiger partial charge in [0.25, 0.3) is 0 Å². The van der Waals surface area contributed by atoms with Crippen LogP contribution < -0.4 is 5.73 Å². The molecule has 0 aromatic carbocycles. The second-order valence-corrected chi connectivity index (χ2v) is 2.56. The van der Waals surface area contributed by atoms with E-state index in [9.17, 15) is 0 Å². The van der Waals surface area contributed by atoms with Crippen molar-refractivity contribution in [2.24, 2.45) is 5.73 Å². The van der Waals surface area contributed by atoms with Crippen molar-refractivity contribution in [3.8, 4) is 0 Å². The second kappa shape index (κ2) is 7.03. The maximum Gasteiger partial charge on any atom is 0.0933 e. The molecule has 2 nitrogen and oxygen atoms in total. The van der Waals surface area contributed by atoms with Crippen molar-refractivity contribution in [3.63, 3.8) is 0 Å². The van der Waals surface area contributed by atoms with Gasteiger partial charge in [0.05, 0.1) is 6.10 Å².